The first-order valence-electron chi connectivity index (χ1n) is 15.7. The van der Waals surface area contributed by atoms with E-state index >= 15 is 0 Å². The average Bonchev–Trinajstić information content (AvgIpc) is 3.12. The fourth-order valence-corrected chi connectivity index (χ4v) is 10.5. The summed E-state index contributed by atoms with van der Waals surface area (Å²) in [6.07, 6.45) is 6.03. The summed E-state index contributed by atoms with van der Waals surface area (Å²) in [5, 5.41) is 4.24. The molecule has 4 aromatic rings. The van der Waals surface area contributed by atoms with Crippen molar-refractivity contribution in [3.8, 4) is 11.1 Å². The lowest BCUT2D eigenvalue weighted by Crippen LogP contribution is -2.53. The first kappa shape index (κ1) is 33.2. The third-order valence-corrected chi connectivity index (χ3v) is 13.2. The maximum absolute atomic E-state index is 12.9. The summed E-state index contributed by atoms with van der Waals surface area (Å²) < 4.78 is 87.1. The molecule has 0 heterocycles. The lowest BCUT2D eigenvalue weighted by molar-refractivity contribution is 0.433. The van der Waals surface area contributed by atoms with Crippen molar-refractivity contribution in [3.63, 3.8) is 0 Å². The predicted molar refractivity (Wildman–Crippen MR) is 195 cm³/mol. The van der Waals surface area contributed by atoms with E-state index in [2.05, 4.69) is 21.3 Å². The minimum atomic E-state index is -4.81. The smallest absolute Gasteiger partial charge is 0.274 e. The molecule has 12 nitrogen and oxygen atoms in total. The Morgan fingerprint density at radius 3 is 1.38 bits per heavy atom. The second-order valence-electron chi connectivity index (χ2n) is 11.8. The van der Waals surface area contributed by atoms with Crippen LogP contribution in [-0.4, -0.2) is 49.0 Å². The molecule has 258 valence electrons. The molecule has 0 saturated carbocycles. The van der Waals surface area contributed by atoms with Gasteiger partial charge in [-0.25, -0.2) is 11.0 Å². The van der Waals surface area contributed by atoms with E-state index in [1.165, 1.54) is 35.7 Å². The number of fused-ring (bicyclic) bond motifs is 2. The molecule has 0 fully saturated rings. The Balaban J connectivity index is 1.51. The van der Waals surface area contributed by atoms with E-state index in [4.69, 9.17) is 14.3 Å². The summed E-state index contributed by atoms with van der Waals surface area (Å²) in [5.74, 6) is 0. The zero-order valence-corrected chi connectivity index (χ0v) is 29.8. The fraction of sp³-hybridized carbons (Fsp3) is 0.176. The zero-order valence-electron chi connectivity index (χ0n) is 28.5. The van der Waals surface area contributed by atoms with Crippen LogP contribution in [0, 0.1) is 11.0 Å². The van der Waals surface area contributed by atoms with Crippen molar-refractivity contribution in [2.45, 2.75) is 31.4 Å². The van der Waals surface area contributed by atoms with Gasteiger partial charge < -0.3 is 11.5 Å². The highest BCUT2D eigenvalue weighted by atomic mass is 32.2. The zero-order chi connectivity index (χ0) is 37.6. The molecule has 2 aliphatic rings. The van der Waals surface area contributed by atoms with Gasteiger partial charge in [0, 0.05) is 20.9 Å². The van der Waals surface area contributed by atoms with Crippen molar-refractivity contribution >= 4 is 55.2 Å². The van der Waals surface area contributed by atoms with Crippen molar-refractivity contribution in [2.24, 2.45) is 21.7 Å². The lowest BCUT2D eigenvalue weighted by atomic mass is 9.74. The molecule has 4 atom stereocenters. The lowest BCUT2D eigenvalue weighted by Gasteiger charge is -2.40. The molecule has 16 heteroatoms. The Bertz CT molecular complexity index is 2270. The van der Waals surface area contributed by atoms with Gasteiger partial charge in [-0.15, -0.1) is 23.5 Å². The second kappa shape index (κ2) is 13.0. The van der Waals surface area contributed by atoms with Gasteiger partial charge in [-0.3, -0.25) is 9.11 Å². The normalized spacial score (nSPS) is 24.3. The van der Waals surface area contributed by atoms with Gasteiger partial charge in [0.05, 0.1) is 22.5 Å². The molecule has 4 unspecified atom stereocenters. The number of nitrogens with one attached hydrogen (secondary N) is 2. The number of benzene rings is 4. The standard InChI is InChI=1S/C34H32N6O6S4/c1-47-29-15-19(11-13-25(29)33(35)23-9-5-3-7-21(23)27(39-37)17-31(33)49(41,42)43)20-12-14-26(30(16-20)48-2)34(36)24-10-6-4-8-22(24)28(40-38)18-32(34)50(44,45)46/h3-18,31-32,37-38H,35-36H2,1-2H3,(H,41,42,43)(H,44,45,46)/b39-37+,40-38+. The summed E-state index contributed by atoms with van der Waals surface area (Å²) in [4.78, 5) is 1.22. The second-order valence-corrected chi connectivity index (χ2v) is 16.6. The van der Waals surface area contributed by atoms with E-state index in [0.29, 0.717) is 54.3 Å². The Labute approximate surface area is 300 Å². The summed E-state index contributed by atoms with van der Waals surface area (Å²) in [7, 11) is -9.62. The van der Waals surface area contributed by atoms with Crippen LogP contribution in [0.4, 0.5) is 0 Å². The number of nitrogens with two attached hydrogens (primary N) is 2. The monoisotopic (exact) mass is 748 g/mol. The molecule has 8 N–H and O–H groups in total. The fourth-order valence-electron chi connectivity index (χ4n) is 7.01. The molecule has 0 amide bonds. The van der Waals surface area contributed by atoms with Gasteiger partial charge in [0.1, 0.15) is 10.5 Å². The summed E-state index contributed by atoms with van der Waals surface area (Å²) in [6, 6.07) is 24.1. The van der Waals surface area contributed by atoms with E-state index < -0.39 is 41.8 Å². The van der Waals surface area contributed by atoms with E-state index in [1.54, 1.807) is 72.8 Å². The topological polar surface area (TPSA) is 233 Å². The number of thioether (sulfide) groups is 2. The summed E-state index contributed by atoms with van der Waals surface area (Å²) in [5.41, 5.74) is 20.9. The highest BCUT2D eigenvalue weighted by molar-refractivity contribution is 7.99. The van der Waals surface area contributed by atoms with Crippen molar-refractivity contribution in [2.75, 3.05) is 12.5 Å². The van der Waals surface area contributed by atoms with Crippen LogP contribution >= 0.6 is 23.5 Å². The third-order valence-electron chi connectivity index (χ3n) is 9.30. The van der Waals surface area contributed by atoms with Crippen LogP contribution in [0.5, 0.6) is 0 Å². The minimum absolute atomic E-state index is 0.0864. The molecule has 0 bridgehead atoms. The molecule has 6 rings (SSSR count). The molecule has 2 aliphatic carbocycles. The quantitative estimate of drug-likeness (QED) is 0.0619. The molecule has 0 saturated heterocycles. The summed E-state index contributed by atoms with van der Waals surface area (Å²) >= 11 is 2.65. The van der Waals surface area contributed by atoms with Crippen LogP contribution in [0.2, 0.25) is 2.82 Å². The SMILES string of the molecule is [H]/N=N/C1=CC(S(=O)(=O)O)C(N)(c2ccc(-c3ccc(C4(N)c5ccccc5C(/N=N/[H])=CC4S(=O)(=O)O)c(SC)c3)cc2SC)c2ccccc21. The van der Waals surface area contributed by atoms with Crippen molar-refractivity contribution in [1.29, 1.82) is 11.0 Å². The first-order chi connectivity index (χ1) is 24.6. The minimum Gasteiger partial charge on any atom is -0.316 e. The Morgan fingerprint density at radius 2 is 1.04 bits per heavy atom. The Kier molecular flexibility index (Phi) is 8.59. The van der Waals surface area contributed by atoms with Crippen LogP contribution in [0.25, 0.3) is 22.5 Å². The van der Waals surface area contributed by atoms with Crippen molar-refractivity contribution < 1.29 is 28.8 Å². The van der Waals surface area contributed by atoms with Crippen molar-refractivity contribution in [1.82, 2.24) is 0 Å². The van der Waals surface area contributed by atoms with Crippen LogP contribution in [-0.2, 0) is 31.3 Å². The third kappa shape index (κ3) is 5.65. The van der Waals surface area contributed by atoms with E-state index in [-0.39, 0.29) is 11.4 Å². The molecule has 4 aromatic carbocycles. The average molecular weight is 749 g/mol. The Morgan fingerprint density at radius 1 is 0.660 bits per heavy atom. The van der Waals surface area contributed by atoms with Gasteiger partial charge in [-0.2, -0.15) is 27.1 Å². The van der Waals surface area contributed by atoms with Crippen LogP contribution in [0.1, 0.15) is 33.4 Å². The highest BCUT2D eigenvalue weighted by Gasteiger charge is 2.51. The molecular weight excluding hydrogens is 717 g/mol. The van der Waals surface area contributed by atoms with Crippen LogP contribution < -0.4 is 11.5 Å². The first-order valence-corrected chi connectivity index (χ1v) is 20.3. The Hall–Kier alpha value is -4.00. The molecule has 0 aliphatic heterocycles. The summed E-state index contributed by atoms with van der Waals surface area (Å²) in [6.45, 7) is 0. The van der Waals surface area contributed by atoms with Gasteiger partial charge in [0.2, 0.25) is 2.82 Å². The van der Waals surface area contributed by atoms with Gasteiger partial charge in [0.25, 0.3) is 20.2 Å². The number of hydrogen-bond donors (Lipinski definition) is 6. The highest BCUT2D eigenvalue weighted by Crippen LogP contribution is 2.49. The number of rotatable bonds is 9. The van der Waals surface area contributed by atoms with Gasteiger partial charge in [-0.1, -0.05) is 72.8 Å². The molecule has 50 heavy (non-hydrogen) atoms. The number of nitrogens with zero attached hydrogens (tertiary/aromatic N) is 2. The molecular formula is C34H32N6O6S4. The predicted octanol–water partition coefficient (Wildman–Crippen LogP) is 6.49. The van der Waals surface area contributed by atoms with E-state index in [1.807, 2.05) is 24.6 Å². The van der Waals surface area contributed by atoms with E-state index in [9.17, 15) is 25.9 Å². The van der Waals surface area contributed by atoms with Gasteiger partial charge >= 0.3 is 0 Å². The van der Waals surface area contributed by atoms with Crippen LogP contribution in [0.3, 0.4) is 0 Å². The maximum Gasteiger partial charge on any atom is 0.274 e. The molecule has 0 spiro atoms. The largest absolute Gasteiger partial charge is 0.316 e. The van der Waals surface area contributed by atoms with Crippen LogP contribution in [0.15, 0.2) is 117 Å². The number of hydrogen-bond acceptors (Lipinski definition) is 12. The molecule has 0 aromatic heterocycles. The van der Waals surface area contributed by atoms with E-state index in [0.717, 1.165) is 0 Å². The van der Waals surface area contributed by atoms with Gasteiger partial charge in [0.15, 0.2) is 0 Å². The van der Waals surface area contributed by atoms with Crippen molar-refractivity contribution in [3.05, 3.63) is 130 Å². The molecule has 0 radical (unpaired) electrons. The maximum atomic E-state index is 12.9. The van der Waals surface area contributed by atoms with Gasteiger partial charge in [-0.05, 0) is 70.2 Å².